The molecule has 0 fully saturated rings. The summed E-state index contributed by atoms with van der Waals surface area (Å²) in [6.45, 7) is 9.30. The number of nitrogens with one attached hydrogen (secondary N) is 2. The van der Waals surface area contributed by atoms with Crippen LogP contribution in [0.25, 0.3) is 0 Å². The minimum atomic E-state index is -0.131. The molecule has 2 aromatic rings. The van der Waals surface area contributed by atoms with Crippen molar-refractivity contribution >= 4 is 11.8 Å². The van der Waals surface area contributed by atoms with Crippen LogP contribution in [0.1, 0.15) is 31.9 Å². The molecule has 0 bridgehead atoms. The molecule has 1 aromatic heterocycles. The normalized spacial score (nSPS) is 11.6. The van der Waals surface area contributed by atoms with Crippen LogP contribution in [-0.4, -0.2) is 15.5 Å². The van der Waals surface area contributed by atoms with E-state index < -0.39 is 0 Å². The van der Waals surface area contributed by atoms with E-state index >= 15 is 0 Å². The standard InChI is InChI=1S/C16H21N3OS/c1-11-5-6-13(12(9-11)10-18-16(2,3)4)21-15-17-8-7-14(20)19-15/h5-9,18H,10H2,1-4H3,(H,17,19,20). The highest BCUT2D eigenvalue weighted by Crippen LogP contribution is 2.28. The summed E-state index contributed by atoms with van der Waals surface area (Å²) < 4.78 is 0. The van der Waals surface area contributed by atoms with Crippen molar-refractivity contribution in [2.24, 2.45) is 0 Å². The number of aryl methyl sites for hydroxylation is 1. The Morgan fingerprint density at radius 3 is 2.71 bits per heavy atom. The highest BCUT2D eigenvalue weighted by Gasteiger charge is 2.12. The van der Waals surface area contributed by atoms with E-state index in [1.807, 2.05) is 0 Å². The van der Waals surface area contributed by atoms with E-state index in [2.05, 4.69) is 61.2 Å². The van der Waals surface area contributed by atoms with Crippen LogP contribution in [0.4, 0.5) is 0 Å². The summed E-state index contributed by atoms with van der Waals surface area (Å²) in [6.07, 6.45) is 1.53. The molecule has 21 heavy (non-hydrogen) atoms. The molecule has 0 aliphatic carbocycles. The van der Waals surface area contributed by atoms with Gasteiger partial charge in [0.25, 0.3) is 5.56 Å². The molecule has 1 aromatic carbocycles. The topological polar surface area (TPSA) is 57.8 Å². The zero-order valence-corrected chi connectivity index (χ0v) is 13.7. The molecular formula is C16H21N3OS. The summed E-state index contributed by atoms with van der Waals surface area (Å²) in [5.74, 6) is 0. The quantitative estimate of drug-likeness (QED) is 0.852. The number of rotatable bonds is 4. The molecule has 0 unspecified atom stereocenters. The first-order valence-corrected chi connectivity index (χ1v) is 7.73. The molecule has 0 saturated carbocycles. The molecule has 0 atom stereocenters. The van der Waals surface area contributed by atoms with E-state index in [1.165, 1.54) is 35.2 Å². The zero-order chi connectivity index (χ0) is 15.5. The van der Waals surface area contributed by atoms with Crippen LogP contribution in [-0.2, 0) is 6.54 Å². The first kappa shape index (κ1) is 15.8. The fraction of sp³-hybridized carbons (Fsp3) is 0.375. The maximum Gasteiger partial charge on any atom is 0.251 e. The van der Waals surface area contributed by atoms with Crippen LogP contribution in [0, 0.1) is 6.92 Å². The van der Waals surface area contributed by atoms with E-state index in [-0.39, 0.29) is 11.1 Å². The minimum Gasteiger partial charge on any atom is -0.308 e. The molecule has 2 rings (SSSR count). The van der Waals surface area contributed by atoms with E-state index in [9.17, 15) is 4.79 Å². The molecule has 2 N–H and O–H groups in total. The Bertz CT molecular complexity index is 674. The Morgan fingerprint density at radius 2 is 2.05 bits per heavy atom. The van der Waals surface area contributed by atoms with Gasteiger partial charge in [-0.3, -0.25) is 4.79 Å². The molecule has 0 amide bonds. The fourth-order valence-electron chi connectivity index (χ4n) is 1.81. The van der Waals surface area contributed by atoms with Gasteiger partial charge in [-0.2, -0.15) is 0 Å². The van der Waals surface area contributed by atoms with Gasteiger partial charge in [-0.05, 0) is 39.3 Å². The maximum absolute atomic E-state index is 11.4. The molecule has 0 radical (unpaired) electrons. The Labute approximate surface area is 129 Å². The Hall–Kier alpha value is -1.59. The minimum absolute atomic E-state index is 0.0605. The van der Waals surface area contributed by atoms with Crippen molar-refractivity contribution in [1.29, 1.82) is 0 Å². The third-order valence-electron chi connectivity index (χ3n) is 2.88. The third kappa shape index (κ3) is 5.02. The van der Waals surface area contributed by atoms with Crippen molar-refractivity contribution in [3.63, 3.8) is 0 Å². The first-order valence-electron chi connectivity index (χ1n) is 6.91. The second-order valence-electron chi connectivity index (χ2n) is 6.06. The van der Waals surface area contributed by atoms with E-state index in [0.29, 0.717) is 5.16 Å². The summed E-state index contributed by atoms with van der Waals surface area (Å²) >= 11 is 1.48. The van der Waals surface area contributed by atoms with Gasteiger partial charge in [0.1, 0.15) is 0 Å². The van der Waals surface area contributed by atoms with E-state index in [0.717, 1.165) is 11.4 Å². The van der Waals surface area contributed by atoms with Gasteiger partial charge in [0.2, 0.25) is 0 Å². The number of H-pyrrole nitrogens is 1. The number of aromatic nitrogens is 2. The summed E-state index contributed by atoms with van der Waals surface area (Å²) in [7, 11) is 0. The van der Waals surface area contributed by atoms with E-state index in [1.54, 1.807) is 0 Å². The monoisotopic (exact) mass is 303 g/mol. The zero-order valence-electron chi connectivity index (χ0n) is 12.9. The van der Waals surface area contributed by atoms with Gasteiger partial charge in [-0.15, -0.1) is 0 Å². The lowest BCUT2D eigenvalue weighted by atomic mass is 10.1. The molecule has 1 heterocycles. The Balaban J connectivity index is 2.24. The maximum atomic E-state index is 11.4. The molecule has 5 heteroatoms. The second-order valence-corrected chi connectivity index (χ2v) is 7.09. The van der Waals surface area contributed by atoms with Crippen molar-refractivity contribution in [3.8, 4) is 0 Å². The molecule has 0 spiro atoms. The lowest BCUT2D eigenvalue weighted by Gasteiger charge is -2.21. The highest BCUT2D eigenvalue weighted by atomic mass is 32.2. The van der Waals surface area contributed by atoms with Gasteiger partial charge in [-0.25, -0.2) is 4.98 Å². The summed E-state index contributed by atoms with van der Waals surface area (Å²) in [5, 5.41) is 4.11. The van der Waals surface area contributed by atoms with Gasteiger partial charge in [0.15, 0.2) is 5.16 Å². The van der Waals surface area contributed by atoms with Gasteiger partial charge >= 0.3 is 0 Å². The highest BCUT2D eigenvalue weighted by molar-refractivity contribution is 7.99. The van der Waals surface area contributed by atoms with Crippen molar-refractivity contribution < 1.29 is 0 Å². The number of nitrogens with zero attached hydrogens (tertiary/aromatic N) is 1. The Morgan fingerprint density at radius 1 is 1.29 bits per heavy atom. The lowest BCUT2D eigenvalue weighted by molar-refractivity contribution is 0.422. The fourth-order valence-corrected chi connectivity index (χ4v) is 2.69. The number of benzene rings is 1. The summed E-state index contributed by atoms with van der Waals surface area (Å²) in [5.41, 5.74) is 2.36. The van der Waals surface area contributed by atoms with Crippen molar-refractivity contribution in [1.82, 2.24) is 15.3 Å². The lowest BCUT2D eigenvalue weighted by Crippen LogP contribution is -2.35. The van der Waals surface area contributed by atoms with Gasteiger partial charge in [0.05, 0.1) is 0 Å². The molecular weight excluding hydrogens is 282 g/mol. The number of hydrogen-bond acceptors (Lipinski definition) is 4. The molecule has 0 aliphatic rings. The van der Waals surface area contributed by atoms with E-state index in [4.69, 9.17) is 0 Å². The van der Waals surface area contributed by atoms with Gasteiger partial charge < -0.3 is 10.3 Å². The van der Waals surface area contributed by atoms with Crippen LogP contribution in [0.3, 0.4) is 0 Å². The summed E-state index contributed by atoms with van der Waals surface area (Å²) in [4.78, 5) is 19.4. The van der Waals surface area contributed by atoms with Crippen LogP contribution in [0.2, 0.25) is 0 Å². The van der Waals surface area contributed by atoms with Gasteiger partial charge in [-0.1, -0.05) is 29.5 Å². The van der Waals surface area contributed by atoms with Crippen molar-refractivity contribution in [2.45, 2.75) is 49.8 Å². The van der Waals surface area contributed by atoms with Crippen LogP contribution >= 0.6 is 11.8 Å². The molecule has 0 saturated heterocycles. The molecule has 0 aliphatic heterocycles. The second kappa shape index (κ2) is 6.45. The van der Waals surface area contributed by atoms with Gasteiger partial charge in [0, 0.05) is 29.2 Å². The van der Waals surface area contributed by atoms with Crippen molar-refractivity contribution in [2.75, 3.05) is 0 Å². The molecule has 4 nitrogen and oxygen atoms in total. The smallest absolute Gasteiger partial charge is 0.251 e. The largest absolute Gasteiger partial charge is 0.308 e. The predicted molar refractivity (Wildman–Crippen MR) is 86.8 cm³/mol. The SMILES string of the molecule is Cc1ccc(Sc2nccc(=O)[nH]2)c(CNC(C)(C)C)c1. The Kier molecular flexibility index (Phi) is 4.85. The average Bonchev–Trinajstić information content (AvgIpc) is 2.38. The first-order chi connectivity index (χ1) is 9.83. The van der Waals surface area contributed by atoms with Crippen LogP contribution in [0.5, 0.6) is 0 Å². The molecule has 112 valence electrons. The number of hydrogen-bond donors (Lipinski definition) is 2. The average molecular weight is 303 g/mol. The number of aromatic amines is 1. The van der Waals surface area contributed by atoms with Crippen LogP contribution < -0.4 is 10.9 Å². The third-order valence-corrected chi connectivity index (χ3v) is 3.90. The van der Waals surface area contributed by atoms with Crippen molar-refractivity contribution in [3.05, 3.63) is 51.9 Å². The predicted octanol–water partition coefficient (Wildman–Crippen LogP) is 3.12. The summed E-state index contributed by atoms with van der Waals surface area (Å²) in [6, 6.07) is 7.74. The van der Waals surface area contributed by atoms with Crippen LogP contribution in [0.15, 0.2) is 45.3 Å².